The Balaban J connectivity index is 2.05. The van der Waals surface area contributed by atoms with Crippen LogP contribution in [-0.2, 0) is 16.1 Å². The van der Waals surface area contributed by atoms with Crippen molar-refractivity contribution < 1.29 is 14.7 Å². The molecule has 1 aromatic heterocycles. The van der Waals surface area contributed by atoms with Gasteiger partial charge in [0.25, 0.3) is 0 Å². The number of carbonyl (C=O) groups excluding carboxylic acids is 1. The van der Waals surface area contributed by atoms with Crippen molar-refractivity contribution in [2.75, 3.05) is 0 Å². The first-order valence-corrected chi connectivity index (χ1v) is 7.41. The van der Waals surface area contributed by atoms with Crippen molar-refractivity contribution in [3.63, 3.8) is 0 Å². The molecule has 114 valence electrons. The third-order valence-corrected chi connectivity index (χ3v) is 4.11. The van der Waals surface area contributed by atoms with Crippen LogP contribution >= 0.6 is 0 Å². The third-order valence-electron chi connectivity index (χ3n) is 4.11. The van der Waals surface area contributed by atoms with E-state index in [0.29, 0.717) is 25.8 Å². The fourth-order valence-corrected chi connectivity index (χ4v) is 2.87. The van der Waals surface area contributed by atoms with Gasteiger partial charge in [-0.15, -0.1) is 0 Å². The van der Waals surface area contributed by atoms with Crippen LogP contribution in [0.25, 0.3) is 0 Å². The molecule has 2 rings (SSSR count). The molecule has 21 heavy (non-hydrogen) atoms. The second-order valence-corrected chi connectivity index (χ2v) is 5.97. The number of aliphatic carboxylic acids is 1. The Morgan fingerprint density at radius 1 is 1.38 bits per heavy atom. The summed E-state index contributed by atoms with van der Waals surface area (Å²) in [6.07, 6.45) is 5.21. The van der Waals surface area contributed by atoms with E-state index in [9.17, 15) is 9.59 Å². The van der Waals surface area contributed by atoms with E-state index in [-0.39, 0.29) is 23.8 Å². The van der Waals surface area contributed by atoms with E-state index in [0.717, 1.165) is 5.56 Å². The highest BCUT2D eigenvalue weighted by atomic mass is 16.4. The fourth-order valence-electron chi connectivity index (χ4n) is 2.87. The lowest BCUT2D eigenvalue weighted by atomic mass is 10.0. The molecule has 1 heterocycles. The van der Waals surface area contributed by atoms with E-state index < -0.39 is 5.97 Å². The highest BCUT2D eigenvalue weighted by Gasteiger charge is 2.36. The first-order chi connectivity index (χ1) is 9.99. The van der Waals surface area contributed by atoms with E-state index in [1.807, 2.05) is 30.9 Å². The minimum atomic E-state index is -0.784. The van der Waals surface area contributed by atoms with Crippen LogP contribution in [0, 0.1) is 11.8 Å². The zero-order valence-electron chi connectivity index (χ0n) is 12.5. The molecule has 2 atom stereocenters. The molecule has 1 fully saturated rings. The van der Waals surface area contributed by atoms with Gasteiger partial charge in [-0.3, -0.25) is 14.6 Å². The van der Waals surface area contributed by atoms with E-state index >= 15 is 0 Å². The molecule has 0 saturated heterocycles. The molecule has 1 aromatic rings. The predicted octanol–water partition coefficient (Wildman–Crippen LogP) is 2.32. The molecular formula is C16H22N2O3. The summed E-state index contributed by atoms with van der Waals surface area (Å²) in [7, 11) is 0. The maximum absolute atomic E-state index is 12.7. The Kier molecular flexibility index (Phi) is 4.94. The van der Waals surface area contributed by atoms with Gasteiger partial charge in [-0.1, -0.05) is 6.07 Å². The maximum atomic E-state index is 12.7. The molecule has 1 amide bonds. The van der Waals surface area contributed by atoms with Crippen molar-refractivity contribution in [3.05, 3.63) is 30.1 Å². The highest BCUT2D eigenvalue weighted by Crippen LogP contribution is 2.33. The molecule has 0 bridgehead atoms. The Morgan fingerprint density at radius 2 is 2.10 bits per heavy atom. The zero-order chi connectivity index (χ0) is 15.4. The number of amides is 1. The number of aromatic nitrogens is 1. The lowest BCUT2D eigenvalue weighted by molar-refractivity contribution is -0.142. The standard InChI is InChI=1S/C16H22N2O3/c1-11(2)18(10-12-4-3-7-17-9-12)15(19)13-5-6-14(8-13)16(20)21/h3-4,7,9,11,13-14H,5-6,8,10H2,1-2H3,(H,20,21). The second kappa shape index (κ2) is 6.70. The number of nitrogens with zero attached hydrogens (tertiary/aromatic N) is 2. The third kappa shape index (κ3) is 3.80. The highest BCUT2D eigenvalue weighted by molar-refractivity contribution is 5.81. The lowest BCUT2D eigenvalue weighted by Crippen LogP contribution is -2.40. The summed E-state index contributed by atoms with van der Waals surface area (Å²) in [4.78, 5) is 29.6. The van der Waals surface area contributed by atoms with Gasteiger partial charge in [0.2, 0.25) is 5.91 Å². The van der Waals surface area contributed by atoms with Crippen LogP contribution in [0.2, 0.25) is 0 Å². The van der Waals surface area contributed by atoms with Crippen molar-refractivity contribution in [2.45, 2.75) is 45.7 Å². The molecule has 0 spiro atoms. The van der Waals surface area contributed by atoms with Crippen LogP contribution in [0.3, 0.4) is 0 Å². The Bertz CT molecular complexity index is 502. The number of carbonyl (C=O) groups is 2. The van der Waals surface area contributed by atoms with E-state index in [2.05, 4.69) is 4.98 Å². The first kappa shape index (κ1) is 15.5. The molecule has 5 nitrogen and oxygen atoms in total. The van der Waals surface area contributed by atoms with Gasteiger partial charge < -0.3 is 10.0 Å². The molecule has 1 N–H and O–H groups in total. The van der Waals surface area contributed by atoms with Gasteiger partial charge in [0.05, 0.1) is 5.92 Å². The second-order valence-electron chi connectivity index (χ2n) is 5.97. The zero-order valence-corrected chi connectivity index (χ0v) is 12.5. The van der Waals surface area contributed by atoms with Crippen molar-refractivity contribution in [1.29, 1.82) is 0 Å². The minimum Gasteiger partial charge on any atom is -0.481 e. The van der Waals surface area contributed by atoms with Gasteiger partial charge in [-0.2, -0.15) is 0 Å². The van der Waals surface area contributed by atoms with Crippen molar-refractivity contribution in [1.82, 2.24) is 9.88 Å². The van der Waals surface area contributed by atoms with Crippen molar-refractivity contribution >= 4 is 11.9 Å². The topological polar surface area (TPSA) is 70.5 Å². The Morgan fingerprint density at radius 3 is 2.62 bits per heavy atom. The van der Waals surface area contributed by atoms with Crippen LogP contribution in [-0.4, -0.2) is 32.9 Å². The van der Waals surface area contributed by atoms with Crippen LogP contribution < -0.4 is 0 Å². The summed E-state index contributed by atoms with van der Waals surface area (Å²) in [5.74, 6) is -1.25. The average molecular weight is 290 g/mol. The smallest absolute Gasteiger partial charge is 0.306 e. The van der Waals surface area contributed by atoms with Gasteiger partial charge in [0.1, 0.15) is 0 Å². The number of carboxylic acid groups (broad SMARTS) is 1. The number of rotatable bonds is 5. The lowest BCUT2D eigenvalue weighted by Gasteiger charge is -2.29. The first-order valence-electron chi connectivity index (χ1n) is 7.41. The number of hydrogen-bond acceptors (Lipinski definition) is 3. The monoisotopic (exact) mass is 290 g/mol. The largest absolute Gasteiger partial charge is 0.481 e. The van der Waals surface area contributed by atoms with Crippen molar-refractivity contribution in [2.24, 2.45) is 11.8 Å². The van der Waals surface area contributed by atoms with Gasteiger partial charge >= 0.3 is 5.97 Å². The van der Waals surface area contributed by atoms with Crippen LogP contribution in [0.15, 0.2) is 24.5 Å². The van der Waals surface area contributed by atoms with Gasteiger partial charge in [0, 0.05) is 30.9 Å². The molecule has 2 unspecified atom stereocenters. The SMILES string of the molecule is CC(C)N(Cc1cccnc1)C(=O)C1CCC(C(=O)O)C1. The minimum absolute atomic E-state index is 0.0672. The number of carboxylic acids is 1. The summed E-state index contributed by atoms with van der Waals surface area (Å²) < 4.78 is 0. The van der Waals surface area contributed by atoms with Crippen molar-refractivity contribution in [3.8, 4) is 0 Å². The summed E-state index contributed by atoms with van der Waals surface area (Å²) in [5.41, 5.74) is 0.993. The van der Waals surface area contributed by atoms with Gasteiger partial charge in [0.15, 0.2) is 0 Å². The molecule has 1 aliphatic carbocycles. The predicted molar refractivity (Wildman–Crippen MR) is 78.4 cm³/mol. The average Bonchev–Trinajstić information content (AvgIpc) is 2.95. The van der Waals surface area contributed by atoms with Crippen LogP contribution in [0.1, 0.15) is 38.7 Å². The molecule has 1 aliphatic rings. The van der Waals surface area contributed by atoms with E-state index in [4.69, 9.17) is 5.11 Å². The summed E-state index contributed by atoms with van der Waals surface area (Å²) >= 11 is 0. The normalized spacial score (nSPS) is 21.5. The fraction of sp³-hybridized carbons (Fsp3) is 0.562. The van der Waals surface area contributed by atoms with Gasteiger partial charge in [-0.05, 0) is 44.7 Å². The Hall–Kier alpha value is -1.91. The maximum Gasteiger partial charge on any atom is 0.306 e. The van der Waals surface area contributed by atoms with Crippen LogP contribution in [0.5, 0.6) is 0 Å². The molecule has 5 heteroatoms. The molecular weight excluding hydrogens is 268 g/mol. The number of hydrogen-bond donors (Lipinski definition) is 1. The summed E-state index contributed by atoms with van der Waals surface area (Å²) in [6, 6.07) is 3.89. The molecule has 0 aliphatic heterocycles. The molecule has 0 aromatic carbocycles. The van der Waals surface area contributed by atoms with E-state index in [1.54, 1.807) is 12.4 Å². The van der Waals surface area contributed by atoms with Crippen LogP contribution in [0.4, 0.5) is 0 Å². The summed E-state index contributed by atoms with van der Waals surface area (Å²) in [6.45, 7) is 4.49. The number of pyridine rings is 1. The van der Waals surface area contributed by atoms with E-state index in [1.165, 1.54) is 0 Å². The van der Waals surface area contributed by atoms with Gasteiger partial charge in [-0.25, -0.2) is 0 Å². The quantitative estimate of drug-likeness (QED) is 0.903. The molecule has 1 saturated carbocycles. The summed E-state index contributed by atoms with van der Waals surface area (Å²) in [5, 5.41) is 9.06. The Labute approximate surface area is 125 Å². The molecule has 0 radical (unpaired) electrons.